The lowest BCUT2D eigenvalue weighted by Gasteiger charge is -2.21. The van der Waals surface area contributed by atoms with Crippen LogP contribution >= 0.6 is 11.3 Å². The van der Waals surface area contributed by atoms with Crippen LogP contribution in [0.15, 0.2) is 35.2 Å². The molecule has 27 heavy (non-hydrogen) atoms. The molecule has 1 atom stereocenters. The second-order valence-corrected chi connectivity index (χ2v) is 9.89. The Kier molecular flexibility index (Phi) is 6.29. The topological polar surface area (TPSA) is 88.2 Å². The summed E-state index contributed by atoms with van der Waals surface area (Å²) >= 11 is 1.50. The highest BCUT2D eigenvalue weighted by atomic mass is 32.2. The van der Waals surface area contributed by atoms with Gasteiger partial charge in [0.15, 0.2) is 5.13 Å². The third kappa shape index (κ3) is 4.94. The summed E-state index contributed by atoms with van der Waals surface area (Å²) in [5, 5.41) is 3.37. The molecule has 0 bridgehead atoms. The highest BCUT2D eigenvalue weighted by Crippen LogP contribution is 2.29. The number of benzene rings is 1. The van der Waals surface area contributed by atoms with Gasteiger partial charge in [-0.1, -0.05) is 38.5 Å². The van der Waals surface area contributed by atoms with Crippen molar-refractivity contribution in [2.24, 2.45) is 5.92 Å². The zero-order valence-corrected chi connectivity index (χ0v) is 17.2. The summed E-state index contributed by atoms with van der Waals surface area (Å²) < 4.78 is 27.7. The van der Waals surface area contributed by atoms with Gasteiger partial charge < -0.3 is 5.32 Å². The Balaban J connectivity index is 1.74. The minimum Gasteiger partial charge on any atom is -0.301 e. The predicted octanol–water partition coefficient (Wildman–Crippen LogP) is 3.35. The van der Waals surface area contributed by atoms with E-state index in [1.807, 2.05) is 13.8 Å². The first-order valence-electron chi connectivity index (χ1n) is 9.23. The highest BCUT2D eigenvalue weighted by Gasteiger charge is 2.29. The number of rotatable bonds is 6. The maximum absolute atomic E-state index is 12.8. The number of thiazole rings is 1. The first kappa shape index (κ1) is 20.0. The molecule has 1 aromatic carbocycles. The lowest BCUT2D eigenvalue weighted by molar-refractivity contribution is -0.118. The SMILES string of the molecule is CC(C)[C@@H](NS(=O)(=O)c1ccccc1)C(=O)Nc1nc2c(s1)CCCCC2. The van der Waals surface area contributed by atoms with Crippen LogP contribution in [0.1, 0.15) is 43.7 Å². The van der Waals surface area contributed by atoms with Crippen molar-refractivity contribution in [2.45, 2.75) is 56.9 Å². The highest BCUT2D eigenvalue weighted by molar-refractivity contribution is 7.89. The molecule has 1 aromatic heterocycles. The monoisotopic (exact) mass is 407 g/mol. The van der Waals surface area contributed by atoms with Crippen molar-refractivity contribution in [1.82, 2.24) is 9.71 Å². The van der Waals surface area contributed by atoms with E-state index in [0.29, 0.717) is 5.13 Å². The molecule has 0 saturated heterocycles. The van der Waals surface area contributed by atoms with Gasteiger partial charge in [-0.05, 0) is 43.7 Å². The normalized spacial score (nSPS) is 15.8. The average molecular weight is 408 g/mol. The molecule has 1 amide bonds. The van der Waals surface area contributed by atoms with Crippen molar-refractivity contribution < 1.29 is 13.2 Å². The number of nitrogens with one attached hydrogen (secondary N) is 2. The van der Waals surface area contributed by atoms with E-state index >= 15 is 0 Å². The molecular weight excluding hydrogens is 382 g/mol. The van der Waals surface area contributed by atoms with Crippen LogP contribution in [0.25, 0.3) is 0 Å². The Labute approximate surface area is 164 Å². The molecule has 2 aromatic rings. The van der Waals surface area contributed by atoms with Crippen LogP contribution in [0.2, 0.25) is 0 Å². The van der Waals surface area contributed by atoms with E-state index in [-0.39, 0.29) is 16.7 Å². The van der Waals surface area contributed by atoms with Gasteiger partial charge in [-0.15, -0.1) is 11.3 Å². The van der Waals surface area contributed by atoms with Gasteiger partial charge in [0.25, 0.3) is 0 Å². The molecule has 0 spiro atoms. The predicted molar refractivity (Wildman–Crippen MR) is 107 cm³/mol. The Morgan fingerprint density at radius 2 is 1.81 bits per heavy atom. The Bertz CT molecular complexity index is 869. The lowest BCUT2D eigenvalue weighted by Crippen LogP contribution is -2.47. The summed E-state index contributed by atoms with van der Waals surface area (Å²) in [5.74, 6) is -0.588. The van der Waals surface area contributed by atoms with Crippen LogP contribution in [-0.4, -0.2) is 25.4 Å². The van der Waals surface area contributed by atoms with E-state index < -0.39 is 16.1 Å². The summed E-state index contributed by atoms with van der Waals surface area (Å²) in [5.41, 5.74) is 1.07. The van der Waals surface area contributed by atoms with E-state index in [9.17, 15) is 13.2 Å². The second kappa shape index (κ2) is 8.50. The molecule has 1 aliphatic rings. The van der Waals surface area contributed by atoms with Gasteiger partial charge in [-0.3, -0.25) is 4.79 Å². The number of amides is 1. The molecule has 0 aliphatic heterocycles. The summed E-state index contributed by atoms with van der Waals surface area (Å²) in [6, 6.07) is 7.20. The van der Waals surface area contributed by atoms with Gasteiger partial charge in [0.1, 0.15) is 6.04 Å². The molecule has 6 nitrogen and oxygen atoms in total. The van der Waals surface area contributed by atoms with Crippen LogP contribution in [0.5, 0.6) is 0 Å². The van der Waals surface area contributed by atoms with Crippen molar-refractivity contribution in [3.05, 3.63) is 40.9 Å². The first-order chi connectivity index (χ1) is 12.9. The first-order valence-corrected chi connectivity index (χ1v) is 11.5. The van der Waals surface area contributed by atoms with Gasteiger partial charge in [-0.25, -0.2) is 13.4 Å². The van der Waals surface area contributed by atoms with Crippen LogP contribution in [0.4, 0.5) is 5.13 Å². The van der Waals surface area contributed by atoms with Gasteiger partial charge in [-0.2, -0.15) is 4.72 Å². The number of hydrogen-bond donors (Lipinski definition) is 2. The van der Waals surface area contributed by atoms with Crippen LogP contribution in [0.3, 0.4) is 0 Å². The van der Waals surface area contributed by atoms with Crippen molar-refractivity contribution in [1.29, 1.82) is 0 Å². The largest absolute Gasteiger partial charge is 0.301 e. The number of hydrogen-bond acceptors (Lipinski definition) is 5. The smallest absolute Gasteiger partial charge is 0.244 e. The molecule has 146 valence electrons. The standard InChI is InChI=1S/C19H25N3O3S2/c1-13(2)17(22-27(24,25)14-9-5-3-6-10-14)18(23)21-19-20-15-11-7-4-8-12-16(15)26-19/h3,5-6,9-10,13,17,22H,4,7-8,11-12H2,1-2H3,(H,20,21,23)/t17-/m1/s1. The van der Waals surface area contributed by atoms with Crippen LogP contribution in [0, 0.1) is 5.92 Å². The fourth-order valence-corrected chi connectivity index (χ4v) is 5.51. The van der Waals surface area contributed by atoms with Crippen molar-refractivity contribution in [2.75, 3.05) is 5.32 Å². The number of carbonyl (C=O) groups excluding carboxylic acids is 1. The van der Waals surface area contributed by atoms with Crippen molar-refractivity contribution in [3.8, 4) is 0 Å². The van der Waals surface area contributed by atoms with E-state index in [2.05, 4.69) is 15.0 Å². The number of carbonyl (C=O) groups is 1. The summed E-state index contributed by atoms with van der Waals surface area (Å²) in [4.78, 5) is 18.7. The zero-order valence-electron chi connectivity index (χ0n) is 15.6. The molecule has 0 fully saturated rings. The third-order valence-corrected chi connectivity index (χ3v) is 7.14. The minimum atomic E-state index is -3.78. The van der Waals surface area contributed by atoms with Gasteiger partial charge in [0.2, 0.25) is 15.9 Å². The number of aromatic nitrogens is 1. The fraction of sp³-hybridized carbons (Fsp3) is 0.474. The van der Waals surface area contributed by atoms with E-state index in [4.69, 9.17) is 0 Å². The van der Waals surface area contributed by atoms with Gasteiger partial charge >= 0.3 is 0 Å². The summed E-state index contributed by atoms with van der Waals surface area (Å²) in [6.07, 6.45) is 5.41. The number of nitrogens with zero attached hydrogens (tertiary/aromatic N) is 1. The molecule has 1 heterocycles. The Morgan fingerprint density at radius 3 is 2.52 bits per heavy atom. The van der Waals surface area contributed by atoms with Gasteiger partial charge in [0.05, 0.1) is 10.6 Å². The molecule has 2 N–H and O–H groups in total. The maximum atomic E-state index is 12.8. The number of sulfonamides is 1. The van der Waals surface area contributed by atoms with E-state index in [1.54, 1.807) is 18.2 Å². The molecule has 0 radical (unpaired) electrons. The van der Waals surface area contributed by atoms with Crippen molar-refractivity contribution >= 4 is 32.4 Å². The summed E-state index contributed by atoms with van der Waals surface area (Å²) in [6.45, 7) is 3.63. The van der Waals surface area contributed by atoms with E-state index in [1.165, 1.54) is 34.8 Å². The fourth-order valence-electron chi connectivity index (χ4n) is 3.09. The molecular formula is C19H25N3O3S2. The number of fused-ring (bicyclic) bond motifs is 1. The molecule has 1 aliphatic carbocycles. The molecule has 3 rings (SSSR count). The molecule has 0 unspecified atom stereocenters. The Morgan fingerprint density at radius 1 is 1.11 bits per heavy atom. The minimum absolute atomic E-state index is 0.143. The maximum Gasteiger partial charge on any atom is 0.244 e. The molecule has 0 saturated carbocycles. The van der Waals surface area contributed by atoms with Crippen LogP contribution < -0.4 is 10.0 Å². The number of aryl methyl sites for hydroxylation is 2. The molecule has 8 heteroatoms. The third-order valence-electron chi connectivity index (χ3n) is 4.61. The van der Waals surface area contributed by atoms with E-state index in [0.717, 1.165) is 31.4 Å². The summed E-state index contributed by atoms with van der Waals surface area (Å²) in [7, 11) is -3.78. The number of anilines is 1. The zero-order chi connectivity index (χ0) is 19.4. The quantitative estimate of drug-likeness (QED) is 0.719. The average Bonchev–Trinajstić information content (AvgIpc) is 2.88. The lowest BCUT2D eigenvalue weighted by atomic mass is 10.1. The van der Waals surface area contributed by atoms with Gasteiger partial charge in [0, 0.05) is 4.88 Å². The van der Waals surface area contributed by atoms with Crippen LogP contribution in [-0.2, 0) is 27.7 Å². The van der Waals surface area contributed by atoms with Crippen molar-refractivity contribution in [3.63, 3.8) is 0 Å². The second-order valence-electron chi connectivity index (χ2n) is 7.09. The Hall–Kier alpha value is -1.77.